The SMILES string of the molecule is COCC1CCCC2(C1)NC(=O)C(c1c(Cl)cc(C)c(C)c1C)=C2C. The Bertz CT molecular complexity index is 751. The summed E-state index contributed by atoms with van der Waals surface area (Å²) < 4.78 is 5.37. The van der Waals surface area contributed by atoms with Crippen molar-refractivity contribution in [2.75, 3.05) is 13.7 Å². The molecule has 3 rings (SSSR count). The summed E-state index contributed by atoms with van der Waals surface area (Å²) in [5, 5.41) is 3.99. The van der Waals surface area contributed by atoms with Crippen LogP contribution in [0.1, 0.15) is 54.9 Å². The molecule has 0 bridgehead atoms. The molecule has 25 heavy (non-hydrogen) atoms. The minimum atomic E-state index is -0.234. The summed E-state index contributed by atoms with van der Waals surface area (Å²) in [6.45, 7) is 9.08. The molecular formula is C21H28ClNO2. The quantitative estimate of drug-likeness (QED) is 0.844. The Morgan fingerprint density at radius 2 is 2.00 bits per heavy atom. The third kappa shape index (κ3) is 3.02. The molecule has 1 aliphatic carbocycles. The van der Waals surface area contributed by atoms with E-state index in [1.165, 1.54) is 5.56 Å². The van der Waals surface area contributed by atoms with Gasteiger partial charge in [0.15, 0.2) is 0 Å². The number of carbonyl (C=O) groups is 1. The van der Waals surface area contributed by atoms with Crippen LogP contribution in [0.5, 0.6) is 0 Å². The smallest absolute Gasteiger partial charge is 0.252 e. The number of ether oxygens (including phenoxy) is 1. The highest BCUT2D eigenvalue weighted by molar-refractivity contribution is 6.36. The third-order valence-electron chi connectivity index (χ3n) is 6.29. The largest absolute Gasteiger partial charge is 0.384 e. The first-order valence-electron chi connectivity index (χ1n) is 9.10. The Hall–Kier alpha value is -1.32. The first kappa shape index (κ1) is 18.5. The molecule has 1 saturated carbocycles. The number of amides is 1. The van der Waals surface area contributed by atoms with E-state index in [0.717, 1.165) is 60.1 Å². The van der Waals surface area contributed by atoms with Gasteiger partial charge in [0, 0.05) is 29.9 Å². The summed E-state index contributed by atoms with van der Waals surface area (Å²) in [7, 11) is 1.75. The van der Waals surface area contributed by atoms with Crippen molar-refractivity contribution in [2.24, 2.45) is 5.92 Å². The van der Waals surface area contributed by atoms with Crippen molar-refractivity contribution in [2.45, 2.75) is 58.9 Å². The van der Waals surface area contributed by atoms with Crippen LogP contribution in [-0.4, -0.2) is 25.2 Å². The molecule has 1 aromatic rings. The zero-order valence-electron chi connectivity index (χ0n) is 15.9. The number of methoxy groups -OCH3 is 1. The van der Waals surface area contributed by atoms with Gasteiger partial charge < -0.3 is 10.1 Å². The maximum atomic E-state index is 13.0. The highest BCUT2D eigenvalue weighted by Gasteiger charge is 2.46. The van der Waals surface area contributed by atoms with Crippen molar-refractivity contribution in [3.8, 4) is 0 Å². The zero-order chi connectivity index (χ0) is 18.4. The van der Waals surface area contributed by atoms with E-state index >= 15 is 0 Å². The van der Waals surface area contributed by atoms with E-state index in [4.69, 9.17) is 16.3 Å². The van der Waals surface area contributed by atoms with Crippen LogP contribution in [0.25, 0.3) is 5.57 Å². The molecule has 0 aromatic heterocycles. The molecule has 2 atom stereocenters. The number of hydrogen-bond acceptors (Lipinski definition) is 2. The third-order valence-corrected chi connectivity index (χ3v) is 6.59. The number of halogens is 1. The summed E-state index contributed by atoms with van der Waals surface area (Å²) in [6.07, 6.45) is 4.22. The Kier molecular flexibility index (Phi) is 5.00. The van der Waals surface area contributed by atoms with Gasteiger partial charge in [-0.15, -0.1) is 0 Å². The Balaban J connectivity index is 2.09. The highest BCUT2D eigenvalue weighted by Crippen LogP contribution is 2.46. The van der Waals surface area contributed by atoms with Gasteiger partial charge in [0.25, 0.3) is 5.91 Å². The van der Waals surface area contributed by atoms with E-state index in [9.17, 15) is 4.79 Å². The average molecular weight is 362 g/mol. The van der Waals surface area contributed by atoms with Crippen molar-refractivity contribution >= 4 is 23.1 Å². The summed E-state index contributed by atoms with van der Waals surface area (Å²) in [4.78, 5) is 13.0. The lowest BCUT2D eigenvalue weighted by molar-refractivity contribution is -0.116. The van der Waals surface area contributed by atoms with Gasteiger partial charge in [-0.3, -0.25) is 4.79 Å². The lowest BCUT2D eigenvalue weighted by Gasteiger charge is -2.39. The maximum absolute atomic E-state index is 13.0. The van der Waals surface area contributed by atoms with Gasteiger partial charge >= 0.3 is 0 Å². The van der Waals surface area contributed by atoms with Crippen molar-refractivity contribution in [3.05, 3.63) is 38.9 Å². The fraction of sp³-hybridized carbons (Fsp3) is 0.571. The van der Waals surface area contributed by atoms with Crippen LogP contribution in [-0.2, 0) is 9.53 Å². The lowest BCUT2D eigenvalue weighted by Crippen LogP contribution is -2.48. The minimum absolute atomic E-state index is 0.0174. The molecule has 0 radical (unpaired) electrons. The molecule has 1 N–H and O–H groups in total. The molecule has 1 heterocycles. The van der Waals surface area contributed by atoms with Crippen LogP contribution in [0.3, 0.4) is 0 Å². The molecule has 1 aliphatic heterocycles. The van der Waals surface area contributed by atoms with Crippen molar-refractivity contribution in [1.82, 2.24) is 5.32 Å². The van der Waals surface area contributed by atoms with Gasteiger partial charge in [0.2, 0.25) is 0 Å². The van der Waals surface area contributed by atoms with E-state index in [0.29, 0.717) is 10.9 Å². The molecule has 2 aliphatic rings. The second kappa shape index (κ2) is 6.77. The van der Waals surface area contributed by atoms with Crippen LogP contribution < -0.4 is 5.32 Å². The van der Waals surface area contributed by atoms with Gasteiger partial charge in [-0.05, 0) is 81.2 Å². The second-order valence-electron chi connectivity index (χ2n) is 7.75. The standard InChI is InChI=1S/C21H28ClNO2/c1-12-9-17(22)18(14(3)13(12)2)19-15(4)21(23-20(19)24)8-6-7-16(10-21)11-25-5/h9,16H,6-8,10-11H2,1-5H3,(H,23,24). The average Bonchev–Trinajstić information content (AvgIpc) is 2.77. The van der Waals surface area contributed by atoms with Crippen LogP contribution in [0.2, 0.25) is 5.02 Å². The number of rotatable bonds is 3. The van der Waals surface area contributed by atoms with E-state index in [-0.39, 0.29) is 11.4 Å². The fourth-order valence-corrected chi connectivity index (χ4v) is 5.05. The van der Waals surface area contributed by atoms with Gasteiger partial charge in [0.05, 0.1) is 5.54 Å². The summed E-state index contributed by atoms with van der Waals surface area (Å²) >= 11 is 6.59. The van der Waals surface area contributed by atoms with Crippen molar-refractivity contribution < 1.29 is 9.53 Å². The predicted octanol–water partition coefficient (Wildman–Crippen LogP) is 4.74. The Morgan fingerprint density at radius 3 is 2.68 bits per heavy atom. The normalized spacial score (nSPS) is 26.5. The molecule has 1 aromatic carbocycles. The highest BCUT2D eigenvalue weighted by atomic mass is 35.5. The maximum Gasteiger partial charge on any atom is 0.252 e. The summed E-state index contributed by atoms with van der Waals surface area (Å²) in [5.74, 6) is 0.508. The van der Waals surface area contributed by atoms with E-state index in [2.05, 4.69) is 33.0 Å². The molecule has 136 valence electrons. The van der Waals surface area contributed by atoms with E-state index < -0.39 is 0 Å². The summed E-state index contributed by atoms with van der Waals surface area (Å²) in [5.41, 5.74) is 6.07. The number of benzene rings is 1. The molecule has 2 unspecified atom stereocenters. The molecular weight excluding hydrogens is 334 g/mol. The first-order chi connectivity index (χ1) is 11.8. The van der Waals surface area contributed by atoms with Crippen LogP contribution in [0.4, 0.5) is 0 Å². The molecule has 4 heteroatoms. The lowest BCUT2D eigenvalue weighted by atomic mass is 9.72. The predicted molar refractivity (Wildman–Crippen MR) is 103 cm³/mol. The molecule has 1 spiro atoms. The number of aryl methyl sites for hydroxylation is 1. The molecule has 0 saturated heterocycles. The number of nitrogens with one attached hydrogen (secondary N) is 1. The number of hydrogen-bond donors (Lipinski definition) is 1. The van der Waals surface area contributed by atoms with Crippen LogP contribution in [0.15, 0.2) is 11.6 Å². The van der Waals surface area contributed by atoms with Gasteiger partial charge in [0.1, 0.15) is 0 Å². The Labute approximate surface area is 155 Å². The van der Waals surface area contributed by atoms with Crippen molar-refractivity contribution in [1.29, 1.82) is 0 Å². The van der Waals surface area contributed by atoms with E-state index in [1.807, 2.05) is 6.07 Å². The fourth-order valence-electron chi connectivity index (χ4n) is 4.65. The van der Waals surface area contributed by atoms with Gasteiger partial charge in [-0.1, -0.05) is 18.0 Å². The molecule has 3 nitrogen and oxygen atoms in total. The second-order valence-corrected chi connectivity index (χ2v) is 8.16. The molecule has 1 amide bonds. The van der Waals surface area contributed by atoms with Gasteiger partial charge in [-0.2, -0.15) is 0 Å². The monoisotopic (exact) mass is 361 g/mol. The minimum Gasteiger partial charge on any atom is -0.384 e. The van der Waals surface area contributed by atoms with Crippen molar-refractivity contribution in [3.63, 3.8) is 0 Å². The van der Waals surface area contributed by atoms with E-state index in [1.54, 1.807) is 7.11 Å². The number of carbonyl (C=O) groups excluding carboxylic acids is 1. The first-order valence-corrected chi connectivity index (χ1v) is 9.48. The Morgan fingerprint density at radius 1 is 1.28 bits per heavy atom. The van der Waals surface area contributed by atoms with Crippen LogP contribution >= 0.6 is 11.6 Å². The van der Waals surface area contributed by atoms with Crippen LogP contribution in [0, 0.1) is 26.7 Å². The topological polar surface area (TPSA) is 38.3 Å². The summed E-state index contributed by atoms with van der Waals surface area (Å²) in [6, 6.07) is 1.98. The molecule has 1 fully saturated rings. The van der Waals surface area contributed by atoms with Gasteiger partial charge in [-0.25, -0.2) is 0 Å². The zero-order valence-corrected chi connectivity index (χ0v) is 16.6.